The summed E-state index contributed by atoms with van der Waals surface area (Å²) in [6.07, 6.45) is 1.92. The number of primary amides is 1. The molecule has 8 heteroatoms. The predicted octanol–water partition coefficient (Wildman–Crippen LogP) is 3.27. The molecule has 4 N–H and O–H groups in total. The lowest BCUT2D eigenvalue weighted by Gasteiger charge is -2.31. The third kappa shape index (κ3) is 8.51. The van der Waals surface area contributed by atoms with Gasteiger partial charge in [0, 0.05) is 38.8 Å². The number of amides is 1. The number of halogens is 1. The summed E-state index contributed by atoms with van der Waals surface area (Å²) in [4.78, 5) is 18.2. The maximum absolute atomic E-state index is 11.5. The van der Waals surface area contributed by atoms with Crippen LogP contribution in [-0.2, 0) is 24.4 Å². The van der Waals surface area contributed by atoms with E-state index in [4.69, 9.17) is 10.5 Å². The van der Waals surface area contributed by atoms with Gasteiger partial charge in [0.1, 0.15) is 5.75 Å². The number of guanidine groups is 1. The van der Waals surface area contributed by atoms with Crippen LogP contribution in [0, 0.1) is 5.92 Å². The molecule has 1 aliphatic rings. The summed E-state index contributed by atoms with van der Waals surface area (Å²) >= 11 is 0. The number of carbonyl (C=O) groups excluding carboxylic acids is 1. The Bertz CT molecular complexity index is 921. The highest BCUT2D eigenvalue weighted by atomic mass is 127. The molecule has 0 radical (unpaired) electrons. The van der Waals surface area contributed by atoms with Crippen LogP contribution in [0.1, 0.15) is 36.5 Å². The lowest BCUT2D eigenvalue weighted by atomic mass is 9.97. The normalized spacial score (nSPS) is 16.5. The fourth-order valence-electron chi connectivity index (χ4n) is 4.06. The van der Waals surface area contributed by atoms with Crippen molar-refractivity contribution < 1.29 is 9.53 Å². The number of ether oxygens (including phenoxy) is 1. The van der Waals surface area contributed by atoms with E-state index >= 15 is 0 Å². The highest BCUT2D eigenvalue weighted by Gasteiger charge is 2.23. The third-order valence-corrected chi connectivity index (χ3v) is 5.71. The zero-order chi connectivity index (χ0) is 22.8. The zero-order valence-electron chi connectivity index (χ0n) is 19.5. The van der Waals surface area contributed by atoms with Crippen LogP contribution >= 0.6 is 24.0 Å². The van der Waals surface area contributed by atoms with Crippen LogP contribution in [0.15, 0.2) is 53.5 Å². The van der Waals surface area contributed by atoms with Crippen LogP contribution in [-0.4, -0.2) is 43.5 Å². The molecule has 1 amide bonds. The Hall–Kier alpha value is -2.33. The molecular weight excluding hydrogens is 529 g/mol. The lowest BCUT2D eigenvalue weighted by molar-refractivity contribution is -0.123. The largest absolute Gasteiger partial charge is 0.494 e. The van der Waals surface area contributed by atoms with Gasteiger partial charge in [-0.15, -0.1) is 24.0 Å². The average molecular weight is 566 g/mol. The first-order valence-corrected chi connectivity index (χ1v) is 11.3. The minimum Gasteiger partial charge on any atom is -0.494 e. The summed E-state index contributed by atoms with van der Waals surface area (Å²) in [7, 11) is 1.77. The third-order valence-electron chi connectivity index (χ3n) is 5.71. The topological polar surface area (TPSA) is 92.0 Å². The van der Waals surface area contributed by atoms with Gasteiger partial charge in [-0.3, -0.25) is 14.7 Å². The number of benzene rings is 2. The van der Waals surface area contributed by atoms with Crippen molar-refractivity contribution in [1.29, 1.82) is 0 Å². The van der Waals surface area contributed by atoms with Crippen LogP contribution in [0.5, 0.6) is 5.75 Å². The van der Waals surface area contributed by atoms with Crippen molar-refractivity contribution in [3.05, 3.63) is 65.2 Å². The SMILES string of the molecule is CCOc1ccccc1CNC(=NC)NCc1cccc(CN2CCCC(C(N)=O)C2)c1.I. The average Bonchev–Trinajstić information content (AvgIpc) is 2.81. The second-order valence-corrected chi connectivity index (χ2v) is 8.12. The second-order valence-electron chi connectivity index (χ2n) is 8.12. The Morgan fingerprint density at radius 3 is 2.67 bits per heavy atom. The molecule has 7 nitrogen and oxygen atoms in total. The molecule has 1 fully saturated rings. The van der Waals surface area contributed by atoms with E-state index in [0.717, 1.165) is 49.7 Å². The van der Waals surface area contributed by atoms with E-state index in [0.29, 0.717) is 19.7 Å². The van der Waals surface area contributed by atoms with Crippen molar-refractivity contribution in [3.63, 3.8) is 0 Å². The van der Waals surface area contributed by atoms with Crippen LogP contribution < -0.4 is 21.1 Å². The molecule has 1 aliphatic heterocycles. The van der Waals surface area contributed by atoms with E-state index in [2.05, 4.69) is 50.9 Å². The van der Waals surface area contributed by atoms with Crippen LogP contribution in [0.4, 0.5) is 0 Å². The first-order chi connectivity index (χ1) is 15.6. The molecule has 1 saturated heterocycles. The summed E-state index contributed by atoms with van der Waals surface area (Å²) in [6, 6.07) is 16.6. The van der Waals surface area contributed by atoms with Crippen molar-refractivity contribution >= 4 is 35.8 Å². The summed E-state index contributed by atoms with van der Waals surface area (Å²) < 4.78 is 5.70. The van der Waals surface area contributed by atoms with Gasteiger partial charge in [0.05, 0.1) is 12.5 Å². The van der Waals surface area contributed by atoms with Gasteiger partial charge in [-0.25, -0.2) is 0 Å². The number of likely N-dealkylation sites (tertiary alicyclic amines) is 1. The lowest BCUT2D eigenvalue weighted by Crippen LogP contribution is -2.40. The van der Waals surface area contributed by atoms with Crippen LogP contribution in [0.2, 0.25) is 0 Å². The number of aliphatic imine (C=N–C) groups is 1. The van der Waals surface area contributed by atoms with Gasteiger partial charge in [-0.05, 0) is 43.5 Å². The number of carbonyl (C=O) groups is 1. The molecule has 33 heavy (non-hydrogen) atoms. The quantitative estimate of drug-likeness (QED) is 0.247. The molecule has 3 rings (SSSR count). The number of piperidine rings is 1. The van der Waals surface area contributed by atoms with Crippen LogP contribution in [0.3, 0.4) is 0 Å². The molecular formula is C25H36IN5O2. The molecule has 1 unspecified atom stereocenters. The Balaban J connectivity index is 0.00000385. The smallest absolute Gasteiger partial charge is 0.221 e. The molecule has 2 aromatic carbocycles. The van der Waals surface area contributed by atoms with E-state index in [9.17, 15) is 4.79 Å². The summed E-state index contributed by atoms with van der Waals surface area (Å²) in [5.41, 5.74) is 9.03. The molecule has 2 aromatic rings. The van der Waals surface area contributed by atoms with Gasteiger partial charge < -0.3 is 21.1 Å². The Labute approximate surface area is 214 Å². The molecule has 0 aliphatic carbocycles. The molecule has 1 heterocycles. The molecule has 180 valence electrons. The monoisotopic (exact) mass is 565 g/mol. The first kappa shape index (κ1) is 26.9. The van der Waals surface area contributed by atoms with Gasteiger partial charge in [-0.1, -0.05) is 42.5 Å². The van der Waals surface area contributed by atoms with E-state index in [1.165, 1.54) is 11.1 Å². The van der Waals surface area contributed by atoms with Gasteiger partial charge >= 0.3 is 0 Å². The van der Waals surface area contributed by atoms with E-state index in [1.807, 2.05) is 25.1 Å². The number of para-hydroxylation sites is 1. The van der Waals surface area contributed by atoms with Gasteiger partial charge in [-0.2, -0.15) is 0 Å². The number of nitrogens with two attached hydrogens (primary N) is 1. The Morgan fingerprint density at radius 2 is 1.91 bits per heavy atom. The number of hydrogen-bond donors (Lipinski definition) is 3. The Morgan fingerprint density at radius 1 is 1.15 bits per heavy atom. The zero-order valence-corrected chi connectivity index (χ0v) is 21.9. The molecule has 0 aromatic heterocycles. The number of hydrogen-bond acceptors (Lipinski definition) is 4. The van der Waals surface area contributed by atoms with E-state index in [-0.39, 0.29) is 35.8 Å². The fourth-order valence-corrected chi connectivity index (χ4v) is 4.06. The van der Waals surface area contributed by atoms with Crippen LogP contribution in [0.25, 0.3) is 0 Å². The number of nitrogens with one attached hydrogen (secondary N) is 2. The molecule has 0 saturated carbocycles. The fraction of sp³-hybridized carbons (Fsp3) is 0.440. The highest BCUT2D eigenvalue weighted by molar-refractivity contribution is 14.0. The second kappa shape index (κ2) is 14.0. The highest BCUT2D eigenvalue weighted by Crippen LogP contribution is 2.19. The van der Waals surface area contributed by atoms with Crippen molar-refractivity contribution in [2.45, 2.75) is 39.4 Å². The van der Waals surface area contributed by atoms with Crippen molar-refractivity contribution in [3.8, 4) is 5.75 Å². The first-order valence-electron chi connectivity index (χ1n) is 11.3. The van der Waals surface area contributed by atoms with Gasteiger partial charge in [0.25, 0.3) is 0 Å². The molecule has 0 spiro atoms. The summed E-state index contributed by atoms with van der Waals surface area (Å²) in [5.74, 6) is 1.41. The summed E-state index contributed by atoms with van der Waals surface area (Å²) in [6.45, 7) is 6.51. The minimum absolute atomic E-state index is 0. The molecule has 1 atom stereocenters. The molecule has 0 bridgehead atoms. The van der Waals surface area contributed by atoms with E-state index in [1.54, 1.807) is 7.05 Å². The number of rotatable bonds is 9. The predicted molar refractivity (Wildman–Crippen MR) is 144 cm³/mol. The maximum Gasteiger partial charge on any atom is 0.221 e. The van der Waals surface area contributed by atoms with Crippen molar-refractivity contribution in [2.75, 3.05) is 26.7 Å². The number of nitrogens with zero attached hydrogens (tertiary/aromatic N) is 2. The maximum atomic E-state index is 11.5. The standard InChI is InChI=1S/C25H35N5O2.HI/c1-3-32-23-12-5-4-10-21(23)16-29-25(27-2)28-15-19-8-6-9-20(14-19)17-30-13-7-11-22(18-30)24(26)31;/h4-6,8-10,12,14,22H,3,7,11,13,15-18H2,1-2H3,(H2,26,31)(H2,27,28,29);1H. The van der Waals surface area contributed by atoms with Crippen molar-refractivity contribution in [1.82, 2.24) is 15.5 Å². The van der Waals surface area contributed by atoms with E-state index < -0.39 is 0 Å². The van der Waals surface area contributed by atoms with Gasteiger partial charge in [0.15, 0.2) is 5.96 Å². The Kier molecular flexibility index (Phi) is 11.5. The van der Waals surface area contributed by atoms with Crippen molar-refractivity contribution in [2.24, 2.45) is 16.6 Å². The van der Waals surface area contributed by atoms with Gasteiger partial charge in [0.2, 0.25) is 5.91 Å². The summed E-state index contributed by atoms with van der Waals surface area (Å²) in [5, 5.41) is 6.74. The minimum atomic E-state index is -0.185.